The van der Waals surface area contributed by atoms with Crippen LogP contribution in [0, 0.1) is 0 Å². The minimum atomic E-state index is -3.62. The Kier molecular flexibility index (Phi) is 6.88. The largest absolute Gasteiger partial charge is 0.288 e. The van der Waals surface area contributed by atoms with Gasteiger partial charge in [-0.15, -0.1) is 0 Å². The number of nitrogens with one attached hydrogen (secondary N) is 2. The molecule has 0 aliphatic rings. The number of hydrogen-bond acceptors (Lipinski definition) is 4. The van der Waals surface area contributed by atoms with E-state index in [1.54, 1.807) is 12.1 Å². The Morgan fingerprint density at radius 1 is 1.08 bits per heavy atom. The lowest BCUT2D eigenvalue weighted by atomic mass is 10.1. The zero-order chi connectivity index (χ0) is 18.1. The molecule has 1 amide bonds. The molecule has 0 saturated carbocycles. The molecule has 132 valence electrons. The van der Waals surface area contributed by atoms with Crippen molar-refractivity contribution in [2.45, 2.75) is 17.7 Å². The molecule has 2 aromatic carbocycles. The van der Waals surface area contributed by atoms with Gasteiger partial charge in [-0.1, -0.05) is 42.5 Å². The van der Waals surface area contributed by atoms with Crippen LogP contribution in [-0.4, -0.2) is 26.1 Å². The second-order valence-corrected chi connectivity index (χ2v) is 7.14. The number of hydroxylamine groups is 1. The highest BCUT2D eigenvalue weighted by Gasteiger charge is 2.13. The van der Waals surface area contributed by atoms with Gasteiger partial charge in [0.1, 0.15) is 0 Å². The molecule has 0 atom stereocenters. The summed E-state index contributed by atoms with van der Waals surface area (Å²) in [4.78, 5) is 11.1. The van der Waals surface area contributed by atoms with Gasteiger partial charge in [-0.05, 0) is 42.2 Å². The minimum Gasteiger partial charge on any atom is -0.288 e. The van der Waals surface area contributed by atoms with Crippen LogP contribution in [0.25, 0.3) is 6.08 Å². The molecule has 3 N–H and O–H groups in total. The highest BCUT2D eigenvalue weighted by molar-refractivity contribution is 7.89. The van der Waals surface area contributed by atoms with Gasteiger partial charge in [-0.25, -0.2) is 18.6 Å². The second kappa shape index (κ2) is 9.12. The van der Waals surface area contributed by atoms with Crippen molar-refractivity contribution >= 4 is 22.0 Å². The fourth-order valence-corrected chi connectivity index (χ4v) is 3.35. The summed E-state index contributed by atoms with van der Waals surface area (Å²) >= 11 is 0. The van der Waals surface area contributed by atoms with Crippen LogP contribution in [0.15, 0.2) is 65.6 Å². The molecular formula is C18H20N2O4S. The van der Waals surface area contributed by atoms with Crippen molar-refractivity contribution in [3.63, 3.8) is 0 Å². The lowest BCUT2D eigenvalue weighted by molar-refractivity contribution is -0.124. The van der Waals surface area contributed by atoms with E-state index in [0.29, 0.717) is 18.5 Å². The van der Waals surface area contributed by atoms with Gasteiger partial charge in [0.05, 0.1) is 4.90 Å². The maximum absolute atomic E-state index is 12.3. The first-order valence-electron chi connectivity index (χ1n) is 7.77. The second-order valence-electron chi connectivity index (χ2n) is 5.37. The average Bonchev–Trinajstić information content (AvgIpc) is 2.64. The standard InChI is InChI=1S/C18H20N2O4S/c21-18(20-22)12-11-16-8-4-10-17(14-16)25(23,24)19-13-5-9-15-6-2-1-3-7-15/h1-4,6-8,10-12,14,19,22H,5,9,13H2,(H,20,21)/b12-11+. The summed E-state index contributed by atoms with van der Waals surface area (Å²) in [6.07, 6.45) is 4.01. The fraction of sp³-hybridized carbons (Fsp3) is 0.167. The third-order valence-corrected chi connectivity index (χ3v) is 4.94. The molecule has 0 aromatic heterocycles. The van der Waals surface area contributed by atoms with Crippen LogP contribution in [0.5, 0.6) is 0 Å². The van der Waals surface area contributed by atoms with Crippen molar-refractivity contribution in [2.75, 3.05) is 6.54 Å². The molecule has 7 heteroatoms. The molecule has 25 heavy (non-hydrogen) atoms. The summed E-state index contributed by atoms with van der Waals surface area (Å²) in [5, 5.41) is 8.44. The number of hydrogen-bond donors (Lipinski definition) is 3. The van der Waals surface area contributed by atoms with Crippen molar-refractivity contribution in [1.29, 1.82) is 0 Å². The number of sulfonamides is 1. The number of benzene rings is 2. The van der Waals surface area contributed by atoms with Gasteiger partial charge in [0.2, 0.25) is 10.0 Å². The van der Waals surface area contributed by atoms with Gasteiger partial charge >= 0.3 is 0 Å². The Morgan fingerprint density at radius 2 is 1.84 bits per heavy atom. The first kappa shape index (κ1) is 18.9. The van der Waals surface area contributed by atoms with Crippen molar-refractivity contribution in [2.24, 2.45) is 0 Å². The van der Waals surface area contributed by atoms with Gasteiger partial charge < -0.3 is 0 Å². The molecule has 0 radical (unpaired) electrons. The fourth-order valence-electron chi connectivity index (χ4n) is 2.22. The first-order chi connectivity index (χ1) is 12.0. The molecule has 2 rings (SSSR count). The highest BCUT2D eigenvalue weighted by Crippen LogP contribution is 2.13. The quantitative estimate of drug-likeness (QED) is 0.291. The third kappa shape index (κ3) is 6.15. The molecule has 0 saturated heterocycles. The van der Waals surface area contributed by atoms with E-state index in [4.69, 9.17) is 5.21 Å². The van der Waals surface area contributed by atoms with Gasteiger partial charge in [-0.2, -0.15) is 0 Å². The maximum atomic E-state index is 12.3. The van der Waals surface area contributed by atoms with E-state index in [1.807, 2.05) is 30.3 Å². The topological polar surface area (TPSA) is 95.5 Å². The molecule has 6 nitrogen and oxygen atoms in total. The van der Waals surface area contributed by atoms with E-state index >= 15 is 0 Å². The first-order valence-corrected chi connectivity index (χ1v) is 9.25. The highest BCUT2D eigenvalue weighted by atomic mass is 32.2. The molecule has 0 aliphatic carbocycles. The summed E-state index contributed by atoms with van der Waals surface area (Å²) in [6.45, 7) is 0.338. The SMILES string of the molecule is O=C(/C=C/c1cccc(S(=O)(=O)NCCCc2ccccc2)c1)NO. The predicted octanol–water partition coefficient (Wildman–Crippen LogP) is 2.12. The predicted molar refractivity (Wildman–Crippen MR) is 95.4 cm³/mol. The molecule has 0 unspecified atom stereocenters. The van der Waals surface area contributed by atoms with Crippen LogP contribution in [0.1, 0.15) is 17.5 Å². The number of rotatable bonds is 8. The Hall–Kier alpha value is -2.48. The van der Waals surface area contributed by atoms with Gasteiger partial charge in [-0.3, -0.25) is 10.0 Å². The van der Waals surface area contributed by atoms with Gasteiger partial charge in [0.15, 0.2) is 0 Å². The Morgan fingerprint density at radius 3 is 2.56 bits per heavy atom. The molecule has 0 fully saturated rings. The monoisotopic (exact) mass is 360 g/mol. The smallest absolute Gasteiger partial charge is 0.267 e. The summed E-state index contributed by atoms with van der Waals surface area (Å²) in [7, 11) is -3.62. The zero-order valence-corrected chi connectivity index (χ0v) is 14.4. The van der Waals surface area contributed by atoms with Crippen LogP contribution >= 0.6 is 0 Å². The third-order valence-electron chi connectivity index (χ3n) is 3.48. The van der Waals surface area contributed by atoms with E-state index in [-0.39, 0.29) is 4.90 Å². The summed E-state index contributed by atoms with van der Waals surface area (Å²) in [6, 6.07) is 16.1. The van der Waals surface area contributed by atoms with E-state index in [9.17, 15) is 13.2 Å². The van der Waals surface area contributed by atoms with Crippen LogP contribution < -0.4 is 10.2 Å². The van der Waals surface area contributed by atoms with Crippen LogP contribution in [0.4, 0.5) is 0 Å². The van der Waals surface area contributed by atoms with E-state index < -0.39 is 15.9 Å². The summed E-state index contributed by atoms with van der Waals surface area (Å²) in [5.41, 5.74) is 3.17. The van der Waals surface area contributed by atoms with E-state index in [1.165, 1.54) is 23.7 Å². The number of aryl methyl sites for hydroxylation is 1. The lowest BCUT2D eigenvalue weighted by Crippen LogP contribution is -2.25. The molecule has 2 aromatic rings. The normalized spacial score (nSPS) is 11.6. The number of carbonyl (C=O) groups excluding carboxylic acids is 1. The molecule has 0 aliphatic heterocycles. The van der Waals surface area contributed by atoms with Crippen molar-refractivity contribution in [3.8, 4) is 0 Å². The Balaban J connectivity index is 1.94. The Labute approximate surface area is 147 Å². The van der Waals surface area contributed by atoms with Gasteiger partial charge in [0, 0.05) is 12.6 Å². The van der Waals surface area contributed by atoms with Crippen LogP contribution in [0.3, 0.4) is 0 Å². The van der Waals surface area contributed by atoms with Gasteiger partial charge in [0.25, 0.3) is 5.91 Å². The minimum absolute atomic E-state index is 0.124. The van der Waals surface area contributed by atoms with Crippen molar-refractivity contribution < 1.29 is 18.4 Å². The molecule has 0 heterocycles. The molecule has 0 spiro atoms. The van der Waals surface area contributed by atoms with Crippen LogP contribution in [-0.2, 0) is 21.2 Å². The summed E-state index contributed by atoms with van der Waals surface area (Å²) < 4.78 is 27.2. The Bertz CT molecular complexity index is 833. The molecule has 0 bridgehead atoms. The number of amides is 1. The van der Waals surface area contributed by atoms with Crippen molar-refractivity contribution in [1.82, 2.24) is 10.2 Å². The molecular weight excluding hydrogens is 340 g/mol. The van der Waals surface area contributed by atoms with Crippen molar-refractivity contribution in [3.05, 3.63) is 71.8 Å². The number of carbonyl (C=O) groups is 1. The summed E-state index contributed by atoms with van der Waals surface area (Å²) in [5.74, 6) is -0.688. The van der Waals surface area contributed by atoms with E-state index in [2.05, 4.69) is 4.72 Å². The van der Waals surface area contributed by atoms with E-state index in [0.717, 1.165) is 18.1 Å². The van der Waals surface area contributed by atoms with Crippen LogP contribution in [0.2, 0.25) is 0 Å². The average molecular weight is 360 g/mol. The lowest BCUT2D eigenvalue weighted by Gasteiger charge is -2.07. The zero-order valence-electron chi connectivity index (χ0n) is 13.6. The maximum Gasteiger partial charge on any atom is 0.267 e.